The summed E-state index contributed by atoms with van der Waals surface area (Å²) in [6, 6.07) is 2.62. The average molecular weight is 331 g/mol. The Bertz CT molecular complexity index is 519. The zero-order valence-corrected chi connectivity index (χ0v) is 14.0. The van der Waals surface area contributed by atoms with Gasteiger partial charge in [-0.05, 0) is 45.9 Å². The van der Waals surface area contributed by atoms with Crippen LogP contribution in [0.25, 0.3) is 0 Å². The molecule has 1 aromatic rings. The second-order valence-electron chi connectivity index (χ2n) is 5.76. The van der Waals surface area contributed by atoms with Gasteiger partial charge in [-0.3, -0.25) is 4.79 Å². The van der Waals surface area contributed by atoms with Crippen LogP contribution in [0.15, 0.2) is 18.2 Å². The Morgan fingerprint density at radius 1 is 1.50 bits per heavy atom. The number of benzene rings is 1. The molecule has 1 unspecified atom stereocenters. The lowest BCUT2D eigenvalue weighted by Gasteiger charge is -2.28. The number of nitrogens with one attached hydrogen (secondary N) is 1. The summed E-state index contributed by atoms with van der Waals surface area (Å²) in [5.41, 5.74) is 0.172. The first-order chi connectivity index (χ1) is 10.1. The molecule has 1 aromatic carbocycles. The summed E-state index contributed by atoms with van der Waals surface area (Å²) in [5.74, 6) is -1.24. The maximum Gasteiger partial charge on any atom is 0.307 e. The number of halogens is 1. The number of rotatable bonds is 6. The number of ether oxygens (including phenoxy) is 1. The molecule has 2 atom stereocenters. The third kappa shape index (κ3) is 5.47. The molecule has 0 saturated carbocycles. The molecule has 1 rings (SSSR count). The van der Waals surface area contributed by atoms with Crippen LogP contribution in [0.4, 0.5) is 4.39 Å². The molecule has 0 aliphatic heterocycles. The van der Waals surface area contributed by atoms with Gasteiger partial charge in [0.05, 0.1) is 19.1 Å². The summed E-state index contributed by atoms with van der Waals surface area (Å²) in [4.78, 5) is 11.7. The van der Waals surface area contributed by atoms with Crippen molar-refractivity contribution in [1.82, 2.24) is 4.72 Å². The van der Waals surface area contributed by atoms with Crippen molar-refractivity contribution in [2.45, 2.75) is 44.9 Å². The maximum atomic E-state index is 13.4. The molecule has 5 nitrogen and oxygen atoms in total. The molecule has 0 aliphatic carbocycles. The Morgan fingerprint density at radius 3 is 2.68 bits per heavy atom. The Kier molecular flexibility index (Phi) is 6.65. The summed E-state index contributed by atoms with van der Waals surface area (Å²) < 4.78 is 32.8. The molecule has 0 aliphatic rings. The second kappa shape index (κ2) is 7.80. The molecule has 0 spiro atoms. The van der Waals surface area contributed by atoms with E-state index in [2.05, 4.69) is 4.72 Å². The lowest BCUT2D eigenvalue weighted by Crippen LogP contribution is -2.42. The lowest BCUT2D eigenvalue weighted by molar-refractivity contribution is -0.143. The first kappa shape index (κ1) is 18.7. The normalized spacial score (nSPS) is 14.5. The van der Waals surface area contributed by atoms with Crippen molar-refractivity contribution < 1.29 is 23.6 Å². The minimum atomic E-state index is -1.49. The van der Waals surface area contributed by atoms with E-state index in [0.717, 1.165) is 12.1 Å². The Labute approximate surface area is 133 Å². The summed E-state index contributed by atoms with van der Waals surface area (Å²) in [5, 5.41) is 9.91. The molecule has 0 radical (unpaired) electrons. The minimum Gasteiger partial charge on any atom is -0.598 e. The van der Waals surface area contributed by atoms with Gasteiger partial charge in [0, 0.05) is 16.9 Å². The zero-order chi connectivity index (χ0) is 16.9. The second-order valence-corrected chi connectivity index (χ2v) is 7.76. The van der Waals surface area contributed by atoms with Gasteiger partial charge in [-0.25, -0.2) is 4.39 Å². The molecule has 0 aromatic heterocycles. The molecule has 0 saturated heterocycles. The number of hydrogen-bond donors (Lipinski definition) is 2. The van der Waals surface area contributed by atoms with Gasteiger partial charge in [-0.2, -0.15) is 0 Å². The van der Waals surface area contributed by atoms with Gasteiger partial charge in [0.25, 0.3) is 0 Å². The molecule has 7 heteroatoms. The van der Waals surface area contributed by atoms with Crippen molar-refractivity contribution in [2.24, 2.45) is 0 Å². The number of carbonyl (C=O) groups is 1. The monoisotopic (exact) mass is 331 g/mol. The highest BCUT2D eigenvalue weighted by molar-refractivity contribution is 7.90. The smallest absolute Gasteiger partial charge is 0.307 e. The third-order valence-electron chi connectivity index (χ3n) is 2.85. The highest BCUT2D eigenvalue weighted by Gasteiger charge is 2.32. The maximum absolute atomic E-state index is 13.4. The van der Waals surface area contributed by atoms with Crippen molar-refractivity contribution in [3.63, 3.8) is 0 Å². The highest BCUT2D eigenvalue weighted by Crippen LogP contribution is 2.29. The largest absolute Gasteiger partial charge is 0.598 e. The fraction of sp³-hybridized carbons (Fsp3) is 0.533. The van der Waals surface area contributed by atoms with E-state index >= 15 is 0 Å². The number of hydrogen-bond acceptors (Lipinski definition) is 5. The summed E-state index contributed by atoms with van der Waals surface area (Å²) in [6.45, 7) is 7.19. The summed E-state index contributed by atoms with van der Waals surface area (Å²) in [6.07, 6.45) is -0.160. The zero-order valence-electron chi connectivity index (χ0n) is 13.2. The van der Waals surface area contributed by atoms with Crippen molar-refractivity contribution in [3.8, 4) is 5.75 Å². The average Bonchev–Trinajstić information content (AvgIpc) is 2.40. The Morgan fingerprint density at radius 2 is 2.14 bits per heavy atom. The van der Waals surface area contributed by atoms with Gasteiger partial charge >= 0.3 is 5.97 Å². The molecule has 0 bridgehead atoms. The van der Waals surface area contributed by atoms with Gasteiger partial charge in [-0.15, -0.1) is 4.72 Å². The standard InChI is InChI=1S/C15H22FNO4S/c1-5-21-14(19)9-12(17-22(20)15(2,3)4)11-8-10(16)6-7-13(11)18/h6-8,12,17-18H,5,9H2,1-4H3/t12-,22?/m0/s1. The topological polar surface area (TPSA) is 81.6 Å². The van der Waals surface area contributed by atoms with Gasteiger partial charge in [-0.1, -0.05) is 0 Å². The van der Waals surface area contributed by atoms with E-state index in [4.69, 9.17) is 4.74 Å². The van der Waals surface area contributed by atoms with Crippen LogP contribution in [0, 0.1) is 5.82 Å². The van der Waals surface area contributed by atoms with Crippen LogP contribution in [-0.4, -0.2) is 27.0 Å². The fourth-order valence-corrected chi connectivity index (χ4v) is 2.53. The first-order valence-electron chi connectivity index (χ1n) is 6.97. The van der Waals surface area contributed by atoms with Gasteiger partial charge in [0.15, 0.2) is 0 Å². The van der Waals surface area contributed by atoms with Crippen molar-refractivity contribution >= 4 is 17.3 Å². The Balaban J connectivity index is 3.05. The number of phenolic OH excluding ortho intramolecular Hbond substituents is 1. The number of esters is 1. The lowest BCUT2D eigenvalue weighted by atomic mass is 10.0. The summed E-state index contributed by atoms with van der Waals surface area (Å²) in [7, 11) is 0. The number of aromatic hydroxyl groups is 1. The number of phenols is 1. The molecular weight excluding hydrogens is 309 g/mol. The van der Waals surface area contributed by atoms with E-state index in [0.29, 0.717) is 0 Å². The van der Waals surface area contributed by atoms with Crippen molar-refractivity contribution in [3.05, 3.63) is 29.6 Å². The van der Waals surface area contributed by atoms with Crippen molar-refractivity contribution in [2.75, 3.05) is 6.61 Å². The van der Waals surface area contributed by atoms with Crippen LogP contribution in [0.1, 0.15) is 45.7 Å². The van der Waals surface area contributed by atoms with E-state index < -0.39 is 33.9 Å². The minimum absolute atomic E-state index is 0.160. The molecular formula is C15H22FNO4S. The predicted octanol–water partition coefficient (Wildman–Crippen LogP) is 2.58. The van der Waals surface area contributed by atoms with Crippen LogP contribution >= 0.6 is 0 Å². The molecule has 0 amide bonds. The first-order valence-corrected chi connectivity index (χ1v) is 8.12. The summed E-state index contributed by atoms with van der Waals surface area (Å²) >= 11 is -1.49. The van der Waals surface area contributed by atoms with E-state index in [1.165, 1.54) is 6.07 Å². The molecule has 22 heavy (non-hydrogen) atoms. The molecule has 124 valence electrons. The quantitative estimate of drug-likeness (QED) is 0.618. The molecule has 0 fully saturated rings. The van der Waals surface area contributed by atoms with Crippen LogP contribution in [0.3, 0.4) is 0 Å². The van der Waals surface area contributed by atoms with E-state index in [1.807, 2.05) is 0 Å². The van der Waals surface area contributed by atoms with Gasteiger partial charge in [0.1, 0.15) is 16.3 Å². The Hall–Kier alpha value is -1.31. The number of carbonyl (C=O) groups excluding carboxylic acids is 1. The van der Waals surface area contributed by atoms with Crippen molar-refractivity contribution in [1.29, 1.82) is 0 Å². The predicted molar refractivity (Wildman–Crippen MR) is 83.1 cm³/mol. The van der Waals surface area contributed by atoms with Crippen LogP contribution < -0.4 is 4.72 Å². The van der Waals surface area contributed by atoms with E-state index in [9.17, 15) is 18.8 Å². The van der Waals surface area contributed by atoms with Crippen LogP contribution in [-0.2, 0) is 20.9 Å². The van der Waals surface area contributed by atoms with Gasteiger partial charge in [0.2, 0.25) is 0 Å². The third-order valence-corrected chi connectivity index (χ3v) is 4.46. The molecule has 0 heterocycles. The van der Waals surface area contributed by atoms with Gasteiger partial charge < -0.3 is 14.4 Å². The van der Waals surface area contributed by atoms with Crippen LogP contribution in [0.2, 0.25) is 0 Å². The van der Waals surface area contributed by atoms with Crippen LogP contribution in [0.5, 0.6) is 5.75 Å². The fourth-order valence-electron chi connectivity index (χ4n) is 1.71. The molecule has 2 N–H and O–H groups in total. The highest BCUT2D eigenvalue weighted by atomic mass is 32.2. The van der Waals surface area contributed by atoms with E-state index in [1.54, 1.807) is 27.7 Å². The SMILES string of the molecule is CCOC(=O)C[C@H](N[S+]([O-])C(C)(C)C)c1cc(F)ccc1O. The van der Waals surface area contributed by atoms with E-state index in [-0.39, 0.29) is 24.3 Å².